The van der Waals surface area contributed by atoms with Gasteiger partial charge in [0.15, 0.2) is 11.0 Å². The first kappa shape index (κ1) is 14.3. The summed E-state index contributed by atoms with van der Waals surface area (Å²) < 4.78 is 39.4. The molecular formula is C11H13F3N6S. The second-order valence-corrected chi connectivity index (χ2v) is 5.74. The SMILES string of the molecule is CNCc1cnc(N2CCn3c(nnc3C(F)(F)F)C2)s1. The van der Waals surface area contributed by atoms with Gasteiger partial charge in [-0.1, -0.05) is 0 Å². The van der Waals surface area contributed by atoms with Crippen LogP contribution in [0.2, 0.25) is 0 Å². The number of thiazole rings is 1. The van der Waals surface area contributed by atoms with Crippen LogP contribution in [0.15, 0.2) is 6.20 Å². The molecule has 0 radical (unpaired) electrons. The Balaban J connectivity index is 1.80. The van der Waals surface area contributed by atoms with Crippen LogP contribution in [-0.4, -0.2) is 33.3 Å². The van der Waals surface area contributed by atoms with Gasteiger partial charge in [0.25, 0.3) is 0 Å². The Morgan fingerprint density at radius 2 is 2.14 bits per heavy atom. The fourth-order valence-corrected chi connectivity index (χ4v) is 3.18. The van der Waals surface area contributed by atoms with Crippen molar-refractivity contribution in [3.63, 3.8) is 0 Å². The lowest BCUT2D eigenvalue weighted by Crippen LogP contribution is -2.35. The highest BCUT2D eigenvalue weighted by atomic mass is 32.1. The maximum absolute atomic E-state index is 12.8. The van der Waals surface area contributed by atoms with Gasteiger partial charge in [-0.3, -0.25) is 0 Å². The predicted octanol–water partition coefficient (Wildman–Crippen LogP) is 1.49. The first-order valence-electron chi connectivity index (χ1n) is 6.32. The van der Waals surface area contributed by atoms with Gasteiger partial charge in [-0.25, -0.2) is 4.98 Å². The van der Waals surface area contributed by atoms with Crippen LogP contribution in [0.5, 0.6) is 0 Å². The Bertz CT molecular complexity index is 634. The van der Waals surface area contributed by atoms with Crippen LogP contribution in [0.4, 0.5) is 18.3 Å². The van der Waals surface area contributed by atoms with Gasteiger partial charge in [-0.2, -0.15) is 13.2 Å². The van der Waals surface area contributed by atoms with E-state index in [-0.39, 0.29) is 13.1 Å². The third kappa shape index (κ3) is 2.72. The van der Waals surface area contributed by atoms with E-state index in [1.165, 1.54) is 11.3 Å². The maximum Gasteiger partial charge on any atom is 0.451 e. The molecule has 0 atom stereocenters. The fourth-order valence-electron chi connectivity index (χ4n) is 2.23. The Kier molecular flexibility index (Phi) is 3.57. The fraction of sp³-hybridized carbons (Fsp3) is 0.545. The molecule has 6 nitrogen and oxygen atoms in total. The van der Waals surface area contributed by atoms with E-state index in [9.17, 15) is 13.2 Å². The second-order valence-electron chi connectivity index (χ2n) is 4.65. The Morgan fingerprint density at radius 3 is 2.86 bits per heavy atom. The van der Waals surface area contributed by atoms with E-state index in [2.05, 4.69) is 20.5 Å². The van der Waals surface area contributed by atoms with Gasteiger partial charge in [0.2, 0.25) is 5.82 Å². The molecule has 0 aliphatic carbocycles. The molecule has 0 saturated carbocycles. The molecule has 1 N–H and O–H groups in total. The lowest BCUT2D eigenvalue weighted by Gasteiger charge is -2.27. The number of alkyl halides is 3. The van der Waals surface area contributed by atoms with Crippen molar-refractivity contribution in [2.24, 2.45) is 0 Å². The number of hydrogen-bond donors (Lipinski definition) is 1. The van der Waals surface area contributed by atoms with E-state index in [1.807, 2.05) is 11.9 Å². The molecule has 21 heavy (non-hydrogen) atoms. The molecule has 2 aromatic heterocycles. The van der Waals surface area contributed by atoms with E-state index in [0.29, 0.717) is 12.4 Å². The van der Waals surface area contributed by atoms with E-state index in [4.69, 9.17) is 0 Å². The molecule has 1 aliphatic rings. The lowest BCUT2D eigenvalue weighted by atomic mass is 10.3. The summed E-state index contributed by atoms with van der Waals surface area (Å²) in [6.45, 7) is 1.67. The largest absolute Gasteiger partial charge is 0.451 e. The number of halogens is 3. The minimum Gasteiger partial charge on any atom is -0.339 e. The van der Waals surface area contributed by atoms with E-state index in [0.717, 1.165) is 21.1 Å². The van der Waals surface area contributed by atoms with Gasteiger partial charge in [0, 0.05) is 30.7 Å². The quantitative estimate of drug-likeness (QED) is 0.929. The van der Waals surface area contributed by atoms with Crippen molar-refractivity contribution in [2.45, 2.75) is 25.8 Å². The van der Waals surface area contributed by atoms with Crippen LogP contribution >= 0.6 is 11.3 Å². The third-order valence-electron chi connectivity index (χ3n) is 3.17. The molecule has 10 heteroatoms. The van der Waals surface area contributed by atoms with E-state index in [1.54, 1.807) is 6.20 Å². The molecule has 2 aromatic rings. The van der Waals surface area contributed by atoms with Crippen molar-refractivity contribution >= 4 is 16.5 Å². The van der Waals surface area contributed by atoms with Crippen LogP contribution in [0.25, 0.3) is 0 Å². The van der Waals surface area contributed by atoms with Crippen LogP contribution < -0.4 is 10.2 Å². The van der Waals surface area contributed by atoms with Gasteiger partial charge < -0.3 is 14.8 Å². The molecule has 3 heterocycles. The van der Waals surface area contributed by atoms with Gasteiger partial charge in [-0.15, -0.1) is 21.5 Å². The Morgan fingerprint density at radius 1 is 1.33 bits per heavy atom. The van der Waals surface area contributed by atoms with Gasteiger partial charge in [0.1, 0.15) is 0 Å². The summed E-state index contributed by atoms with van der Waals surface area (Å²) in [5.41, 5.74) is 0. The van der Waals surface area contributed by atoms with Crippen molar-refractivity contribution in [3.05, 3.63) is 22.7 Å². The van der Waals surface area contributed by atoms with Crippen LogP contribution in [0, 0.1) is 0 Å². The molecule has 0 fully saturated rings. The van der Waals surface area contributed by atoms with Crippen molar-refractivity contribution in [1.82, 2.24) is 25.1 Å². The topological polar surface area (TPSA) is 58.9 Å². The summed E-state index contributed by atoms with van der Waals surface area (Å²) >= 11 is 1.52. The Labute approximate surface area is 122 Å². The molecule has 0 saturated heterocycles. The summed E-state index contributed by atoms with van der Waals surface area (Å²) in [5, 5.41) is 10.8. The summed E-state index contributed by atoms with van der Waals surface area (Å²) in [6.07, 6.45) is -2.69. The molecule has 114 valence electrons. The van der Waals surface area contributed by atoms with Gasteiger partial charge in [0.05, 0.1) is 6.54 Å². The zero-order chi connectivity index (χ0) is 15.0. The Hall–Kier alpha value is -1.68. The maximum atomic E-state index is 12.8. The molecule has 0 bridgehead atoms. The minimum absolute atomic E-state index is 0.206. The number of fused-ring (bicyclic) bond motifs is 1. The zero-order valence-electron chi connectivity index (χ0n) is 11.2. The molecular weight excluding hydrogens is 305 g/mol. The lowest BCUT2D eigenvalue weighted by molar-refractivity contribution is -0.147. The van der Waals surface area contributed by atoms with Gasteiger partial charge >= 0.3 is 6.18 Å². The van der Waals surface area contributed by atoms with Crippen LogP contribution in [-0.2, 0) is 25.8 Å². The van der Waals surface area contributed by atoms with Crippen molar-refractivity contribution in [2.75, 3.05) is 18.5 Å². The third-order valence-corrected chi connectivity index (χ3v) is 4.23. The predicted molar refractivity (Wildman–Crippen MR) is 71.0 cm³/mol. The molecule has 0 amide bonds. The van der Waals surface area contributed by atoms with Crippen LogP contribution in [0.1, 0.15) is 16.5 Å². The highest BCUT2D eigenvalue weighted by Gasteiger charge is 2.39. The van der Waals surface area contributed by atoms with Gasteiger partial charge in [-0.05, 0) is 7.05 Å². The molecule has 3 rings (SSSR count). The average molecular weight is 318 g/mol. The summed E-state index contributed by atoms with van der Waals surface area (Å²) in [7, 11) is 1.85. The monoisotopic (exact) mass is 318 g/mol. The highest BCUT2D eigenvalue weighted by Crippen LogP contribution is 2.31. The number of aromatic nitrogens is 4. The summed E-state index contributed by atoms with van der Waals surface area (Å²) in [6, 6.07) is 0. The van der Waals surface area contributed by atoms with Crippen molar-refractivity contribution in [3.8, 4) is 0 Å². The highest BCUT2D eigenvalue weighted by molar-refractivity contribution is 7.15. The summed E-state index contributed by atoms with van der Waals surface area (Å²) in [4.78, 5) is 7.32. The van der Waals surface area contributed by atoms with E-state index < -0.39 is 12.0 Å². The standard InChI is InChI=1S/C11H13F3N6S/c1-15-4-7-5-16-10(21-7)19-2-3-20-8(6-19)17-18-9(20)11(12,13)14/h5,15H,2-4,6H2,1H3. The molecule has 0 unspecified atom stereocenters. The van der Waals surface area contributed by atoms with Crippen molar-refractivity contribution < 1.29 is 13.2 Å². The average Bonchev–Trinajstić information content (AvgIpc) is 3.03. The molecule has 0 spiro atoms. The number of nitrogens with one attached hydrogen (secondary N) is 1. The molecule has 1 aliphatic heterocycles. The number of nitrogens with zero attached hydrogens (tertiary/aromatic N) is 5. The number of rotatable bonds is 3. The zero-order valence-corrected chi connectivity index (χ0v) is 12.0. The van der Waals surface area contributed by atoms with Crippen molar-refractivity contribution in [1.29, 1.82) is 0 Å². The van der Waals surface area contributed by atoms with Crippen LogP contribution in [0.3, 0.4) is 0 Å². The number of hydrogen-bond acceptors (Lipinski definition) is 6. The first-order chi connectivity index (χ1) is 9.99. The normalized spacial score (nSPS) is 15.3. The molecule has 0 aromatic carbocycles. The number of anilines is 1. The smallest absolute Gasteiger partial charge is 0.339 e. The summed E-state index contributed by atoms with van der Waals surface area (Å²) in [5.74, 6) is -0.605. The van der Waals surface area contributed by atoms with E-state index >= 15 is 0 Å². The minimum atomic E-state index is -4.46. The first-order valence-corrected chi connectivity index (χ1v) is 7.14. The second kappa shape index (κ2) is 5.26.